The van der Waals surface area contributed by atoms with Crippen molar-refractivity contribution in [3.05, 3.63) is 33.9 Å². The van der Waals surface area contributed by atoms with E-state index in [9.17, 15) is 4.79 Å². The average molecular weight is 369 g/mol. The molecule has 4 rings (SSSR count). The normalized spacial score (nSPS) is 20.2. The van der Waals surface area contributed by atoms with Crippen LogP contribution in [-0.4, -0.2) is 48.4 Å². The first-order valence-corrected chi connectivity index (χ1v) is 8.88. The van der Waals surface area contributed by atoms with Crippen molar-refractivity contribution in [2.75, 3.05) is 26.3 Å². The topological polar surface area (TPSA) is 54.6 Å². The molecule has 3 heterocycles. The number of amides is 1. The zero-order valence-electron chi connectivity index (χ0n) is 13.1. The van der Waals surface area contributed by atoms with E-state index in [0.29, 0.717) is 48.0 Å². The maximum atomic E-state index is 12.8. The highest BCUT2D eigenvalue weighted by Crippen LogP contribution is 2.32. The molecule has 2 aliphatic heterocycles. The molecule has 0 radical (unpaired) electrons. The van der Waals surface area contributed by atoms with Crippen LogP contribution in [0, 0.1) is 5.92 Å². The molecule has 0 spiro atoms. The fourth-order valence-electron chi connectivity index (χ4n) is 3.46. The van der Waals surface area contributed by atoms with Crippen LogP contribution in [0.4, 0.5) is 0 Å². The number of rotatable bonds is 2. The summed E-state index contributed by atoms with van der Waals surface area (Å²) in [7, 11) is 0. The van der Waals surface area contributed by atoms with Gasteiger partial charge in [0.25, 0.3) is 5.91 Å². The van der Waals surface area contributed by atoms with E-state index in [4.69, 9.17) is 32.7 Å². The van der Waals surface area contributed by atoms with Crippen LogP contribution in [0.25, 0.3) is 10.9 Å². The molecule has 0 bridgehead atoms. The quantitative estimate of drug-likeness (QED) is 0.878. The number of aromatic amines is 1. The Bertz CT molecular complexity index is 763. The van der Waals surface area contributed by atoms with E-state index in [1.807, 2.05) is 11.0 Å². The Hall–Kier alpha value is -1.27. The molecule has 24 heavy (non-hydrogen) atoms. The van der Waals surface area contributed by atoms with Gasteiger partial charge in [0, 0.05) is 34.9 Å². The lowest BCUT2D eigenvalue weighted by atomic mass is 9.96. The van der Waals surface area contributed by atoms with Crippen molar-refractivity contribution in [2.24, 2.45) is 5.92 Å². The van der Waals surface area contributed by atoms with Crippen LogP contribution in [0.2, 0.25) is 10.0 Å². The Balaban J connectivity index is 1.49. The molecule has 1 N–H and O–H groups in total. The summed E-state index contributed by atoms with van der Waals surface area (Å²) in [4.78, 5) is 17.8. The van der Waals surface area contributed by atoms with Gasteiger partial charge in [-0.15, -0.1) is 0 Å². The maximum Gasteiger partial charge on any atom is 0.271 e. The Kier molecular flexibility index (Phi) is 4.43. The third-order valence-electron chi connectivity index (χ3n) is 4.77. The Morgan fingerprint density at radius 3 is 2.58 bits per heavy atom. The standard InChI is InChI=1S/C17H18Cl2N2O3/c18-11-1-2-13-12(9-11)14(19)15(20-13)16(22)21-5-3-10(4-6-21)17-23-7-8-24-17/h1-2,9-10,17,20H,3-8H2. The number of carbonyl (C=O) groups is 1. The number of piperidine rings is 1. The van der Waals surface area contributed by atoms with Gasteiger partial charge in [0.2, 0.25) is 0 Å². The third kappa shape index (κ3) is 2.90. The molecule has 5 nitrogen and oxygen atoms in total. The number of nitrogens with zero attached hydrogens (tertiary/aromatic N) is 1. The number of fused-ring (bicyclic) bond motifs is 1. The first kappa shape index (κ1) is 16.2. The van der Waals surface area contributed by atoms with Gasteiger partial charge < -0.3 is 19.4 Å². The molecule has 0 unspecified atom stereocenters. The highest BCUT2D eigenvalue weighted by atomic mass is 35.5. The lowest BCUT2D eigenvalue weighted by Gasteiger charge is -2.33. The van der Waals surface area contributed by atoms with E-state index in [1.165, 1.54) is 0 Å². The lowest BCUT2D eigenvalue weighted by molar-refractivity contribution is -0.0956. The van der Waals surface area contributed by atoms with E-state index in [1.54, 1.807) is 12.1 Å². The highest BCUT2D eigenvalue weighted by Gasteiger charge is 2.33. The number of nitrogens with one attached hydrogen (secondary N) is 1. The Labute approximate surface area is 149 Å². The summed E-state index contributed by atoms with van der Waals surface area (Å²) in [6.07, 6.45) is 1.64. The van der Waals surface area contributed by atoms with Gasteiger partial charge in [-0.25, -0.2) is 0 Å². The molecule has 2 fully saturated rings. The van der Waals surface area contributed by atoms with Crippen LogP contribution in [-0.2, 0) is 9.47 Å². The van der Waals surface area contributed by atoms with Gasteiger partial charge in [-0.1, -0.05) is 23.2 Å². The van der Waals surface area contributed by atoms with Crippen molar-refractivity contribution in [2.45, 2.75) is 19.1 Å². The zero-order chi connectivity index (χ0) is 16.7. The number of carbonyl (C=O) groups excluding carboxylic acids is 1. The zero-order valence-corrected chi connectivity index (χ0v) is 14.6. The second kappa shape index (κ2) is 6.56. The molecule has 7 heteroatoms. The van der Waals surface area contributed by atoms with Crippen LogP contribution in [0.15, 0.2) is 18.2 Å². The van der Waals surface area contributed by atoms with Gasteiger partial charge in [0.05, 0.1) is 18.2 Å². The summed E-state index contributed by atoms with van der Waals surface area (Å²) < 4.78 is 11.2. The highest BCUT2D eigenvalue weighted by molar-refractivity contribution is 6.39. The second-order valence-electron chi connectivity index (χ2n) is 6.24. The molecule has 2 aliphatic rings. The summed E-state index contributed by atoms with van der Waals surface area (Å²) in [6.45, 7) is 2.69. The summed E-state index contributed by atoms with van der Waals surface area (Å²) in [6, 6.07) is 5.38. The first-order chi connectivity index (χ1) is 11.6. The summed E-state index contributed by atoms with van der Waals surface area (Å²) in [5.74, 6) is 0.285. The van der Waals surface area contributed by atoms with Crippen molar-refractivity contribution in [3.63, 3.8) is 0 Å². The number of H-pyrrole nitrogens is 1. The smallest absolute Gasteiger partial charge is 0.271 e. The van der Waals surface area contributed by atoms with Gasteiger partial charge in [-0.05, 0) is 31.0 Å². The van der Waals surface area contributed by atoms with Crippen LogP contribution in [0.5, 0.6) is 0 Å². The molecular weight excluding hydrogens is 351 g/mol. The van der Waals surface area contributed by atoms with Gasteiger partial charge in [0.1, 0.15) is 5.69 Å². The molecule has 0 saturated carbocycles. The lowest BCUT2D eigenvalue weighted by Crippen LogP contribution is -2.41. The average Bonchev–Trinajstić information content (AvgIpc) is 3.24. The van der Waals surface area contributed by atoms with Crippen LogP contribution in [0.1, 0.15) is 23.3 Å². The number of halogens is 2. The number of likely N-dealkylation sites (tertiary alicyclic amines) is 1. The van der Waals surface area contributed by atoms with Crippen molar-refractivity contribution < 1.29 is 14.3 Å². The minimum absolute atomic E-state index is 0.0703. The van der Waals surface area contributed by atoms with Crippen molar-refractivity contribution in [3.8, 4) is 0 Å². The molecule has 2 aromatic rings. The molecule has 0 atom stereocenters. The summed E-state index contributed by atoms with van der Waals surface area (Å²) in [5.41, 5.74) is 1.25. The molecule has 1 aromatic carbocycles. The monoisotopic (exact) mass is 368 g/mol. The van der Waals surface area contributed by atoms with Crippen molar-refractivity contribution in [1.82, 2.24) is 9.88 Å². The first-order valence-electron chi connectivity index (χ1n) is 8.12. The molecule has 128 valence electrons. The van der Waals surface area contributed by atoms with Crippen LogP contribution >= 0.6 is 23.2 Å². The number of benzene rings is 1. The van der Waals surface area contributed by atoms with E-state index < -0.39 is 0 Å². The third-order valence-corrected chi connectivity index (χ3v) is 5.40. The van der Waals surface area contributed by atoms with Gasteiger partial charge in [0.15, 0.2) is 6.29 Å². The molecular formula is C17H18Cl2N2O3. The molecule has 0 aliphatic carbocycles. The fourth-order valence-corrected chi connectivity index (χ4v) is 3.92. The van der Waals surface area contributed by atoms with E-state index >= 15 is 0 Å². The molecule has 1 amide bonds. The number of aromatic nitrogens is 1. The Morgan fingerprint density at radius 2 is 1.88 bits per heavy atom. The minimum Gasteiger partial charge on any atom is -0.350 e. The predicted octanol–water partition coefficient (Wildman–Crippen LogP) is 3.70. The number of hydrogen-bond acceptors (Lipinski definition) is 3. The van der Waals surface area contributed by atoms with E-state index in [0.717, 1.165) is 23.7 Å². The van der Waals surface area contributed by atoms with Crippen LogP contribution < -0.4 is 0 Å². The van der Waals surface area contributed by atoms with Crippen molar-refractivity contribution in [1.29, 1.82) is 0 Å². The fraction of sp³-hybridized carbons (Fsp3) is 0.471. The molecule has 1 aromatic heterocycles. The largest absolute Gasteiger partial charge is 0.350 e. The number of ether oxygens (including phenoxy) is 2. The van der Waals surface area contributed by atoms with Gasteiger partial charge in [-0.3, -0.25) is 4.79 Å². The predicted molar refractivity (Wildman–Crippen MR) is 92.6 cm³/mol. The maximum absolute atomic E-state index is 12.8. The van der Waals surface area contributed by atoms with Crippen molar-refractivity contribution >= 4 is 40.0 Å². The van der Waals surface area contributed by atoms with Gasteiger partial charge >= 0.3 is 0 Å². The van der Waals surface area contributed by atoms with E-state index in [-0.39, 0.29) is 12.2 Å². The Morgan fingerprint density at radius 1 is 1.17 bits per heavy atom. The number of hydrogen-bond donors (Lipinski definition) is 1. The summed E-state index contributed by atoms with van der Waals surface area (Å²) >= 11 is 12.4. The SMILES string of the molecule is O=C(c1[nH]c2ccc(Cl)cc2c1Cl)N1CCC(C2OCCO2)CC1. The van der Waals surface area contributed by atoms with E-state index in [2.05, 4.69) is 4.98 Å². The van der Waals surface area contributed by atoms with Crippen LogP contribution in [0.3, 0.4) is 0 Å². The second-order valence-corrected chi connectivity index (χ2v) is 7.06. The molecule has 2 saturated heterocycles. The van der Waals surface area contributed by atoms with Gasteiger partial charge in [-0.2, -0.15) is 0 Å². The summed E-state index contributed by atoms with van der Waals surface area (Å²) in [5, 5.41) is 1.80. The minimum atomic E-state index is -0.110.